The van der Waals surface area contributed by atoms with Crippen LogP contribution in [0.15, 0.2) is 30.5 Å². The van der Waals surface area contributed by atoms with Crippen molar-refractivity contribution in [3.63, 3.8) is 0 Å². The lowest BCUT2D eigenvalue weighted by Crippen LogP contribution is -2.33. The molecule has 1 aromatic carbocycles. The molecule has 104 valence electrons. The Bertz CT molecular complexity index is 404. The van der Waals surface area contributed by atoms with Crippen molar-refractivity contribution < 1.29 is 13.9 Å². The zero-order valence-electron chi connectivity index (χ0n) is 11.0. The molecule has 0 fully saturated rings. The minimum Gasteiger partial charge on any atom is -0.382 e. The largest absolute Gasteiger partial charge is 0.382 e. The van der Waals surface area contributed by atoms with Gasteiger partial charge in [0.1, 0.15) is 5.82 Å². The van der Waals surface area contributed by atoms with E-state index in [2.05, 4.69) is 10.6 Å². The minimum atomic E-state index is -0.280. The van der Waals surface area contributed by atoms with Crippen LogP contribution >= 0.6 is 0 Å². The minimum absolute atomic E-state index is 0.269. The summed E-state index contributed by atoms with van der Waals surface area (Å²) in [7, 11) is 0. The van der Waals surface area contributed by atoms with Crippen LogP contribution < -0.4 is 10.6 Å². The molecule has 0 heterocycles. The summed E-state index contributed by atoms with van der Waals surface area (Å²) in [5, 5.41) is 5.27. The number of benzene rings is 1. The predicted molar refractivity (Wildman–Crippen MR) is 73.1 cm³/mol. The molecule has 2 N–H and O–H groups in total. The summed E-state index contributed by atoms with van der Waals surface area (Å²) in [6.07, 6.45) is 3.99. The molecule has 0 spiro atoms. The molecule has 4 nitrogen and oxygen atoms in total. The van der Waals surface area contributed by atoms with E-state index in [4.69, 9.17) is 4.74 Å². The van der Waals surface area contributed by atoms with Gasteiger partial charge in [-0.15, -0.1) is 0 Å². The number of hydrogen-bond donors (Lipinski definition) is 2. The molecule has 0 atom stereocenters. The Morgan fingerprint density at radius 3 is 2.79 bits per heavy atom. The summed E-state index contributed by atoms with van der Waals surface area (Å²) < 4.78 is 17.8. The Labute approximate surface area is 112 Å². The van der Waals surface area contributed by atoms with Gasteiger partial charge in [-0.3, -0.25) is 0 Å². The van der Waals surface area contributed by atoms with Gasteiger partial charge in [0, 0.05) is 26.0 Å². The lowest BCUT2D eigenvalue weighted by molar-refractivity contribution is 0.145. The topological polar surface area (TPSA) is 50.4 Å². The van der Waals surface area contributed by atoms with Gasteiger partial charge in [0.25, 0.3) is 0 Å². The fraction of sp³-hybridized carbons (Fsp3) is 0.357. The standard InChI is InChI=1S/C14H19FN2O2/c1-2-19-11-3-9-16-14(18)17-10-8-12-4-6-13(15)7-5-12/h4-8,10H,2-3,9,11H2,1H3,(H2,16,17,18)/b10-8+. The maximum Gasteiger partial charge on any atom is 0.318 e. The highest BCUT2D eigenvalue weighted by molar-refractivity contribution is 5.75. The van der Waals surface area contributed by atoms with Gasteiger partial charge in [0.05, 0.1) is 0 Å². The first-order valence-electron chi connectivity index (χ1n) is 6.26. The number of halogens is 1. The van der Waals surface area contributed by atoms with Gasteiger partial charge in [-0.1, -0.05) is 12.1 Å². The van der Waals surface area contributed by atoms with Crippen LogP contribution in [0.25, 0.3) is 6.08 Å². The van der Waals surface area contributed by atoms with E-state index in [1.54, 1.807) is 18.2 Å². The number of carbonyl (C=O) groups is 1. The number of rotatable bonds is 7. The van der Waals surface area contributed by atoms with E-state index in [1.165, 1.54) is 18.3 Å². The quantitative estimate of drug-likeness (QED) is 0.745. The van der Waals surface area contributed by atoms with Gasteiger partial charge in [0.2, 0.25) is 0 Å². The third kappa shape index (κ3) is 7.21. The van der Waals surface area contributed by atoms with E-state index in [-0.39, 0.29) is 11.8 Å². The maximum atomic E-state index is 12.7. The van der Waals surface area contributed by atoms with Gasteiger partial charge in [-0.05, 0) is 37.1 Å². The third-order valence-corrected chi connectivity index (χ3v) is 2.32. The smallest absolute Gasteiger partial charge is 0.318 e. The average Bonchev–Trinajstić information content (AvgIpc) is 2.41. The molecule has 0 aromatic heterocycles. The number of hydrogen-bond acceptors (Lipinski definition) is 2. The Hall–Kier alpha value is -1.88. The van der Waals surface area contributed by atoms with Crippen molar-refractivity contribution in [2.24, 2.45) is 0 Å². The summed E-state index contributed by atoms with van der Waals surface area (Å²) in [4.78, 5) is 11.3. The molecule has 1 rings (SSSR count). The number of carbonyl (C=O) groups excluding carboxylic acids is 1. The highest BCUT2D eigenvalue weighted by atomic mass is 19.1. The first-order valence-corrected chi connectivity index (χ1v) is 6.26. The lowest BCUT2D eigenvalue weighted by Gasteiger charge is -2.04. The number of amides is 2. The monoisotopic (exact) mass is 266 g/mol. The molecule has 0 aliphatic carbocycles. The fourth-order valence-corrected chi connectivity index (χ4v) is 1.36. The maximum absolute atomic E-state index is 12.7. The van der Waals surface area contributed by atoms with E-state index < -0.39 is 0 Å². The number of ether oxygens (including phenoxy) is 1. The molecule has 0 aliphatic rings. The SMILES string of the molecule is CCOCCCNC(=O)N/C=C/c1ccc(F)cc1. The number of urea groups is 1. The fourth-order valence-electron chi connectivity index (χ4n) is 1.36. The second kappa shape index (κ2) is 9.10. The van der Waals surface area contributed by atoms with Crippen molar-refractivity contribution in [1.29, 1.82) is 0 Å². The predicted octanol–water partition coefficient (Wildman–Crippen LogP) is 2.52. The highest BCUT2D eigenvalue weighted by Gasteiger charge is 1.95. The molecule has 19 heavy (non-hydrogen) atoms. The van der Waals surface area contributed by atoms with Crippen LogP contribution in [0.3, 0.4) is 0 Å². The molecule has 0 aliphatic heterocycles. The zero-order valence-corrected chi connectivity index (χ0v) is 11.0. The molecule has 2 amide bonds. The first-order chi connectivity index (χ1) is 9.22. The normalized spacial score (nSPS) is 10.6. The Kier molecular flexibility index (Phi) is 7.27. The van der Waals surface area contributed by atoms with Crippen LogP contribution in [0.5, 0.6) is 0 Å². The molecule has 5 heteroatoms. The summed E-state index contributed by atoms with van der Waals surface area (Å²) in [5.74, 6) is -0.280. The lowest BCUT2D eigenvalue weighted by atomic mass is 10.2. The second-order valence-corrected chi connectivity index (χ2v) is 3.84. The molecular formula is C14H19FN2O2. The van der Waals surface area contributed by atoms with E-state index in [1.807, 2.05) is 6.92 Å². The van der Waals surface area contributed by atoms with Crippen molar-refractivity contribution >= 4 is 12.1 Å². The Balaban J connectivity index is 2.17. The first kappa shape index (κ1) is 15.2. The van der Waals surface area contributed by atoms with Gasteiger partial charge in [-0.2, -0.15) is 0 Å². The van der Waals surface area contributed by atoms with Crippen LogP contribution in [0.4, 0.5) is 9.18 Å². The molecule has 1 aromatic rings. The van der Waals surface area contributed by atoms with Crippen LogP contribution in [-0.4, -0.2) is 25.8 Å². The van der Waals surface area contributed by atoms with Crippen molar-refractivity contribution in [2.45, 2.75) is 13.3 Å². The average molecular weight is 266 g/mol. The van der Waals surface area contributed by atoms with Crippen molar-refractivity contribution in [3.8, 4) is 0 Å². The second-order valence-electron chi connectivity index (χ2n) is 3.84. The molecule has 0 bridgehead atoms. The molecule has 0 radical (unpaired) electrons. The van der Waals surface area contributed by atoms with E-state index in [9.17, 15) is 9.18 Å². The van der Waals surface area contributed by atoms with Crippen LogP contribution in [0, 0.1) is 5.82 Å². The van der Waals surface area contributed by atoms with E-state index in [0.717, 1.165) is 12.0 Å². The van der Waals surface area contributed by atoms with Gasteiger partial charge in [-0.25, -0.2) is 9.18 Å². The molecular weight excluding hydrogens is 247 g/mol. The third-order valence-electron chi connectivity index (χ3n) is 2.32. The van der Waals surface area contributed by atoms with Crippen LogP contribution in [0.2, 0.25) is 0 Å². The van der Waals surface area contributed by atoms with Crippen molar-refractivity contribution in [2.75, 3.05) is 19.8 Å². The molecule has 0 unspecified atom stereocenters. The summed E-state index contributed by atoms with van der Waals surface area (Å²) in [6.45, 7) is 3.82. The number of nitrogens with one attached hydrogen (secondary N) is 2. The Morgan fingerprint density at radius 1 is 1.37 bits per heavy atom. The molecule has 0 saturated carbocycles. The van der Waals surface area contributed by atoms with Gasteiger partial charge >= 0.3 is 6.03 Å². The van der Waals surface area contributed by atoms with Gasteiger partial charge < -0.3 is 15.4 Å². The van der Waals surface area contributed by atoms with E-state index >= 15 is 0 Å². The molecule has 0 saturated heterocycles. The van der Waals surface area contributed by atoms with Gasteiger partial charge in [0.15, 0.2) is 0 Å². The summed E-state index contributed by atoms with van der Waals surface area (Å²) >= 11 is 0. The Morgan fingerprint density at radius 2 is 2.11 bits per heavy atom. The summed E-state index contributed by atoms with van der Waals surface area (Å²) in [5.41, 5.74) is 0.818. The van der Waals surface area contributed by atoms with Crippen LogP contribution in [0.1, 0.15) is 18.9 Å². The van der Waals surface area contributed by atoms with Crippen molar-refractivity contribution in [1.82, 2.24) is 10.6 Å². The van der Waals surface area contributed by atoms with Crippen LogP contribution in [-0.2, 0) is 4.74 Å². The highest BCUT2D eigenvalue weighted by Crippen LogP contribution is 2.03. The van der Waals surface area contributed by atoms with Crippen molar-refractivity contribution in [3.05, 3.63) is 41.8 Å². The zero-order chi connectivity index (χ0) is 13.9. The van der Waals surface area contributed by atoms with E-state index in [0.29, 0.717) is 19.8 Å². The summed E-state index contributed by atoms with van der Waals surface area (Å²) in [6, 6.07) is 5.73.